The zero-order chi connectivity index (χ0) is 13.4. The number of rotatable bonds is 4. The molecule has 0 spiro atoms. The zero-order valence-electron chi connectivity index (χ0n) is 11.2. The molecule has 2 fully saturated rings. The fraction of sp³-hybridized carbons (Fsp3) is 0.600. The van der Waals surface area contributed by atoms with Crippen LogP contribution in [0.3, 0.4) is 0 Å². The normalized spacial score (nSPS) is 28.5. The summed E-state index contributed by atoms with van der Waals surface area (Å²) in [6.45, 7) is 2.86. The van der Waals surface area contributed by atoms with Crippen LogP contribution in [-0.4, -0.2) is 29.0 Å². The van der Waals surface area contributed by atoms with Crippen molar-refractivity contribution in [2.45, 2.75) is 44.4 Å². The van der Waals surface area contributed by atoms with Crippen LogP contribution < -0.4 is 5.32 Å². The van der Waals surface area contributed by atoms with Crippen LogP contribution in [0.4, 0.5) is 0 Å². The Kier molecular flexibility index (Phi) is 3.37. The fourth-order valence-electron chi connectivity index (χ4n) is 2.99. The number of ether oxygens (including phenoxy) is 1. The molecule has 1 heterocycles. The highest BCUT2D eigenvalue weighted by Crippen LogP contribution is 2.39. The van der Waals surface area contributed by atoms with Crippen molar-refractivity contribution in [2.24, 2.45) is 5.92 Å². The van der Waals surface area contributed by atoms with Crippen LogP contribution in [0.2, 0.25) is 0 Å². The van der Waals surface area contributed by atoms with Gasteiger partial charge < -0.3 is 20.3 Å². The molecule has 104 valence electrons. The highest BCUT2D eigenvalue weighted by atomic mass is 16.5. The second-order valence-corrected chi connectivity index (χ2v) is 5.70. The summed E-state index contributed by atoms with van der Waals surface area (Å²) >= 11 is 0. The van der Waals surface area contributed by atoms with Crippen molar-refractivity contribution >= 4 is 0 Å². The molecule has 0 amide bonds. The lowest BCUT2D eigenvalue weighted by molar-refractivity contribution is 0.0792. The highest BCUT2D eigenvalue weighted by Gasteiger charge is 2.40. The molecular weight excluding hydrogens is 242 g/mol. The van der Waals surface area contributed by atoms with Gasteiger partial charge in [-0.15, -0.1) is 0 Å². The van der Waals surface area contributed by atoms with Gasteiger partial charge in [-0.1, -0.05) is 6.07 Å². The minimum atomic E-state index is 0.0496. The van der Waals surface area contributed by atoms with Gasteiger partial charge in [0.15, 0.2) is 0 Å². The number of nitrogens with one attached hydrogen (secondary N) is 1. The van der Waals surface area contributed by atoms with Crippen LogP contribution >= 0.6 is 0 Å². The molecule has 0 radical (unpaired) electrons. The quantitative estimate of drug-likeness (QED) is 0.780. The van der Waals surface area contributed by atoms with Gasteiger partial charge in [0.25, 0.3) is 0 Å². The summed E-state index contributed by atoms with van der Waals surface area (Å²) in [4.78, 5) is 0. The predicted molar refractivity (Wildman–Crippen MR) is 72.2 cm³/mol. The first kappa shape index (κ1) is 12.8. The highest BCUT2D eigenvalue weighted by molar-refractivity contribution is 5.40. The molecule has 2 aliphatic rings. The van der Waals surface area contributed by atoms with Crippen molar-refractivity contribution < 1.29 is 14.9 Å². The molecule has 0 aromatic heterocycles. The second-order valence-electron chi connectivity index (χ2n) is 5.70. The first-order chi connectivity index (χ1) is 9.15. The van der Waals surface area contributed by atoms with E-state index in [9.17, 15) is 10.2 Å². The van der Waals surface area contributed by atoms with Crippen molar-refractivity contribution in [3.8, 4) is 11.5 Å². The Labute approximate surface area is 113 Å². The van der Waals surface area contributed by atoms with Crippen molar-refractivity contribution in [3.63, 3.8) is 0 Å². The van der Waals surface area contributed by atoms with Crippen LogP contribution in [-0.2, 0) is 4.74 Å². The van der Waals surface area contributed by atoms with Crippen molar-refractivity contribution in [1.29, 1.82) is 0 Å². The topological polar surface area (TPSA) is 61.7 Å². The van der Waals surface area contributed by atoms with Gasteiger partial charge in [-0.3, -0.25) is 0 Å². The molecule has 3 unspecified atom stereocenters. The summed E-state index contributed by atoms with van der Waals surface area (Å²) in [6.07, 6.45) is 3.93. The minimum Gasteiger partial charge on any atom is -0.508 e. The Balaban J connectivity index is 1.68. The standard InChI is InChI=1S/C15H21NO3/c1-9(12-5-4-11(17)8-14(12)18)16-13-6-7-19-15(13)10-2-3-10/h4-5,8-10,13,15-18H,2-3,6-7H2,1H3. The average Bonchev–Trinajstić information content (AvgIpc) is 3.10. The Morgan fingerprint density at radius 1 is 1.26 bits per heavy atom. The van der Waals surface area contributed by atoms with E-state index in [0.717, 1.165) is 24.5 Å². The predicted octanol–water partition coefficient (Wildman–Crippen LogP) is 2.32. The molecule has 4 heteroatoms. The van der Waals surface area contributed by atoms with Crippen LogP contribution in [0, 0.1) is 5.92 Å². The molecule has 1 saturated heterocycles. The van der Waals surface area contributed by atoms with Gasteiger partial charge in [0, 0.05) is 30.3 Å². The Bertz CT molecular complexity index is 459. The zero-order valence-corrected chi connectivity index (χ0v) is 11.2. The lowest BCUT2D eigenvalue weighted by Crippen LogP contribution is -2.39. The smallest absolute Gasteiger partial charge is 0.124 e. The molecule has 19 heavy (non-hydrogen) atoms. The molecule has 1 saturated carbocycles. The Morgan fingerprint density at radius 2 is 2.05 bits per heavy atom. The molecular formula is C15H21NO3. The molecule has 1 aromatic carbocycles. The summed E-state index contributed by atoms with van der Waals surface area (Å²) in [5.41, 5.74) is 0.819. The van der Waals surface area contributed by atoms with E-state index in [1.165, 1.54) is 18.9 Å². The third kappa shape index (κ3) is 2.69. The largest absolute Gasteiger partial charge is 0.508 e. The molecule has 3 N–H and O–H groups in total. The monoisotopic (exact) mass is 263 g/mol. The maximum atomic E-state index is 9.89. The van der Waals surface area contributed by atoms with Crippen LogP contribution in [0.1, 0.15) is 37.8 Å². The van der Waals surface area contributed by atoms with Gasteiger partial charge in [0.2, 0.25) is 0 Å². The van der Waals surface area contributed by atoms with Crippen molar-refractivity contribution in [3.05, 3.63) is 23.8 Å². The van der Waals surface area contributed by atoms with Gasteiger partial charge in [0.1, 0.15) is 11.5 Å². The average molecular weight is 263 g/mol. The Morgan fingerprint density at radius 3 is 2.74 bits per heavy atom. The first-order valence-electron chi connectivity index (χ1n) is 7.04. The summed E-state index contributed by atoms with van der Waals surface area (Å²) in [6, 6.07) is 5.18. The number of benzene rings is 1. The third-order valence-electron chi connectivity index (χ3n) is 4.17. The van der Waals surface area contributed by atoms with Gasteiger partial charge >= 0.3 is 0 Å². The Hall–Kier alpha value is -1.26. The van der Waals surface area contributed by atoms with E-state index < -0.39 is 0 Å². The first-order valence-corrected chi connectivity index (χ1v) is 7.04. The van der Waals surface area contributed by atoms with E-state index in [1.54, 1.807) is 12.1 Å². The van der Waals surface area contributed by atoms with Gasteiger partial charge in [-0.25, -0.2) is 0 Å². The summed E-state index contributed by atoms with van der Waals surface area (Å²) < 4.78 is 5.81. The number of hydrogen-bond donors (Lipinski definition) is 3. The second kappa shape index (κ2) is 5.02. The summed E-state index contributed by atoms with van der Waals surface area (Å²) in [5, 5.41) is 22.8. The van der Waals surface area contributed by atoms with Crippen LogP contribution in [0.15, 0.2) is 18.2 Å². The minimum absolute atomic E-state index is 0.0496. The lowest BCUT2D eigenvalue weighted by Gasteiger charge is -2.24. The fourth-order valence-corrected chi connectivity index (χ4v) is 2.99. The van der Waals surface area contributed by atoms with E-state index in [4.69, 9.17) is 4.74 Å². The van der Waals surface area contributed by atoms with Gasteiger partial charge in [0.05, 0.1) is 6.10 Å². The summed E-state index contributed by atoms with van der Waals surface area (Å²) in [5.74, 6) is 0.955. The summed E-state index contributed by atoms with van der Waals surface area (Å²) in [7, 11) is 0. The van der Waals surface area contributed by atoms with Gasteiger partial charge in [-0.2, -0.15) is 0 Å². The van der Waals surface area contributed by atoms with E-state index in [2.05, 4.69) is 5.32 Å². The molecule has 0 bridgehead atoms. The van der Waals surface area contributed by atoms with E-state index in [1.807, 2.05) is 6.92 Å². The van der Waals surface area contributed by atoms with E-state index >= 15 is 0 Å². The van der Waals surface area contributed by atoms with Crippen molar-refractivity contribution in [1.82, 2.24) is 5.32 Å². The maximum absolute atomic E-state index is 9.89. The maximum Gasteiger partial charge on any atom is 0.124 e. The molecule has 4 nitrogen and oxygen atoms in total. The molecule has 1 aliphatic carbocycles. The lowest BCUT2D eigenvalue weighted by atomic mass is 10.0. The molecule has 3 atom stereocenters. The molecule has 1 aliphatic heterocycles. The molecule has 1 aromatic rings. The third-order valence-corrected chi connectivity index (χ3v) is 4.17. The molecule has 3 rings (SSSR count). The van der Waals surface area contributed by atoms with Crippen LogP contribution in [0.5, 0.6) is 11.5 Å². The number of aromatic hydroxyl groups is 2. The van der Waals surface area contributed by atoms with Crippen LogP contribution in [0.25, 0.3) is 0 Å². The van der Waals surface area contributed by atoms with E-state index in [-0.39, 0.29) is 17.5 Å². The number of hydrogen-bond acceptors (Lipinski definition) is 4. The number of phenolic OH excluding ortho intramolecular Hbond substituents is 2. The van der Waals surface area contributed by atoms with E-state index in [0.29, 0.717) is 12.1 Å². The van der Waals surface area contributed by atoms with Crippen molar-refractivity contribution in [2.75, 3.05) is 6.61 Å². The SMILES string of the molecule is CC(NC1CCOC1C1CC1)c1ccc(O)cc1O. The number of phenols is 2. The van der Waals surface area contributed by atoms with Gasteiger partial charge in [-0.05, 0) is 38.2 Å².